The smallest absolute Gasteiger partial charge is 0.251 e. The number of carbonyl (C=O) groups is 3. The monoisotopic (exact) mass is 744 g/mol. The molecule has 1 fully saturated rings. The van der Waals surface area contributed by atoms with Crippen LogP contribution in [-0.4, -0.2) is 83.9 Å². The molecule has 2 amide bonds. The Labute approximate surface area is 317 Å². The summed E-state index contributed by atoms with van der Waals surface area (Å²) in [5.41, 5.74) is 4.37. The molecule has 1 aliphatic carbocycles. The van der Waals surface area contributed by atoms with Crippen molar-refractivity contribution in [3.8, 4) is 5.75 Å². The van der Waals surface area contributed by atoms with Gasteiger partial charge in [-0.15, -0.1) is 0 Å². The van der Waals surface area contributed by atoms with Gasteiger partial charge in [0.2, 0.25) is 11.8 Å². The summed E-state index contributed by atoms with van der Waals surface area (Å²) < 4.78 is 0. The highest BCUT2D eigenvalue weighted by Gasteiger charge is 2.38. The van der Waals surface area contributed by atoms with E-state index in [2.05, 4.69) is 46.1 Å². The third-order valence-corrected chi connectivity index (χ3v) is 10.6. The first kappa shape index (κ1) is 41.7. The molecular weight excluding hydrogens is 688 g/mol. The van der Waals surface area contributed by atoms with Crippen molar-refractivity contribution in [1.82, 2.24) is 31.6 Å². The number of unbranched alkanes of at least 4 members (excludes halogenated alkanes) is 2. The molecular formula is C40H56N8O6. The van der Waals surface area contributed by atoms with Crippen LogP contribution in [0.25, 0.3) is 0 Å². The first-order valence-corrected chi connectivity index (χ1v) is 19.0. The highest BCUT2D eigenvalue weighted by atomic mass is 16.7. The number of amides is 2. The van der Waals surface area contributed by atoms with Crippen LogP contribution in [-0.2, 0) is 19.8 Å². The van der Waals surface area contributed by atoms with E-state index in [1.807, 2.05) is 42.5 Å². The number of hydrogen-bond acceptors (Lipinski definition) is 9. The van der Waals surface area contributed by atoms with Crippen molar-refractivity contribution in [3.63, 3.8) is 0 Å². The van der Waals surface area contributed by atoms with Crippen LogP contribution < -0.4 is 26.7 Å². The maximum Gasteiger partial charge on any atom is 0.251 e. The minimum absolute atomic E-state index is 0.0475. The topological polar surface area (TPSA) is 202 Å². The first-order valence-electron chi connectivity index (χ1n) is 19.0. The number of piperidine rings is 1. The fourth-order valence-electron chi connectivity index (χ4n) is 7.13. The molecule has 2 aromatic rings. The average Bonchev–Trinajstić information content (AvgIpc) is 3.15. The summed E-state index contributed by atoms with van der Waals surface area (Å²) >= 11 is 0. The summed E-state index contributed by atoms with van der Waals surface area (Å²) in [5.74, 6) is -0.226. The highest BCUT2D eigenvalue weighted by Crippen LogP contribution is 2.40. The largest absolute Gasteiger partial charge is 0.508 e. The van der Waals surface area contributed by atoms with Gasteiger partial charge in [0.1, 0.15) is 5.75 Å². The number of guanidine groups is 1. The Bertz CT molecular complexity index is 1650. The lowest BCUT2D eigenvalue weighted by Crippen LogP contribution is -2.49. The van der Waals surface area contributed by atoms with Gasteiger partial charge in [-0.25, -0.2) is 10.1 Å². The van der Waals surface area contributed by atoms with E-state index in [-0.39, 0.29) is 47.8 Å². The van der Waals surface area contributed by atoms with Crippen molar-refractivity contribution in [1.29, 1.82) is 5.41 Å². The third kappa shape index (κ3) is 13.1. The summed E-state index contributed by atoms with van der Waals surface area (Å²) in [7, 11) is 0. The SMILES string of the molecule is C[C@H]1CN(CCC(NC(=O)C(CCCNC(=N)N[N+](=O)[O-])NCCCCCNC(=O)C2=CC=CC(=O)C2)c2ccccc2)CC[C@]1(C)c1cccc(O)c1. The number of phenolic OH excluding ortho intramolecular Hbond substituents is 1. The molecule has 0 saturated carbocycles. The van der Waals surface area contributed by atoms with Crippen LogP contribution in [0, 0.1) is 21.4 Å². The van der Waals surface area contributed by atoms with E-state index in [4.69, 9.17) is 5.41 Å². The standard InChI is InChI=1S/C40H56N8O6/c1-29-28-47(25-20-40(29,2)32-15-10-17-34(50)27-32)24-19-35(30-12-5-3-6-13-30)45-38(52)36(18-11-23-44-39(41)46-48(53)54)42-21-7-4-8-22-43-37(51)31-14-9-16-33(49)26-31/h3,5-6,9-10,12-17,27,29,35-36,42,50H,4,7-8,11,18-26,28H2,1-2H3,(H,43,51)(H,45,52)(H3,41,44,46)/t29-,35?,36?,40-/m0/s1. The summed E-state index contributed by atoms with van der Waals surface area (Å²) in [6.45, 7) is 8.48. The van der Waals surface area contributed by atoms with Crippen LogP contribution in [0.15, 0.2) is 78.4 Å². The molecule has 7 N–H and O–H groups in total. The molecule has 2 aromatic carbocycles. The van der Waals surface area contributed by atoms with E-state index in [1.54, 1.807) is 23.6 Å². The number of benzene rings is 2. The number of allylic oxidation sites excluding steroid dienone is 3. The lowest BCUT2D eigenvalue weighted by atomic mass is 9.68. The fourth-order valence-corrected chi connectivity index (χ4v) is 7.13. The van der Waals surface area contributed by atoms with E-state index >= 15 is 0 Å². The Morgan fingerprint density at radius 1 is 1.04 bits per heavy atom. The number of carbonyl (C=O) groups excluding carboxylic acids is 3. The summed E-state index contributed by atoms with van der Waals surface area (Å²) in [4.78, 5) is 51.0. The zero-order valence-corrected chi connectivity index (χ0v) is 31.4. The van der Waals surface area contributed by atoms with Crippen molar-refractivity contribution in [2.45, 2.75) is 82.7 Å². The number of likely N-dealkylation sites (tertiary alicyclic amines) is 1. The number of nitrogens with zero attached hydrogens (tertiary/aromatic N) is 2. The van der Waals surface area contributed by atoms with E-state index < -0.39 is 17.0 Å². The molecule has 4 rings (SSSR count). The van der Waals surface area contributed by atoms with Crippen LogP contribution in [0.5, 0.6) is 5.75 Å². The van der Waals surface area contributed by atoms with Crippen LogP contribution >= 0.6 is 0 Å². The number of rotatable bonds is 20. The second-order valence-corrected chi connectivity index (χ2v) is 14.5. The van der Waals surface area contributed by atoms with E-state index in [9.17, 15) is 29.6 Å². The number of nitro groups is 1. The second-order valence-electron chi connectivity index (χ2n) is 14.5. The molecule has 14 nitrogen and oxygen atoms in total. The van der Waals surface area contributed by atoms with Gasteiger partial charge in [0.25, 0.3) is 5.96 Å². The van der Waals surface area contributed by atoms with Crippen LogP contribution in [0.3, 0.4) is 0 Å². The molecule has 292 valence electrons. The molecule has 2 unspecified atom stereocenters. The van der Waals surface area contributed by atoms with Gasteiger partial charge >= 0.3 is 0 Å². The Kier molecular flexibility index (Phi) is 16.2. The Balaban J connectivity index is 1.31. The van der Waals surface area contributed by atoms with Gasteiger partial charge in [-0.1, -0.05) is 80.3 Å². The number of hydrazine groups is 1. The molecule has 2 aliphatic rings. The number of aromatic hydroxyl groups is 1. The molecule has 0 spiro atoms. The van der Waals surface area contributed by atoms with Gasteiger partial charge < -0.3 is 31.3 Å². The predicted molar refractivity (Wildman–Crippen MR) is 208 cm³/mol. The summed E-state index contributed by atoms with van der Waals surface area (Å²) in [6.07, 6.45) is 9.77. The lowest BCUT2D eigenvalue weighted by molar-refractivity contribution is -0.525. The van der Waals surface area contributed by atoms with Gasteiger partial charge in [0.05, 0.1) is 12.1 Å². The molecule has 0 bridgehead atoms. The number of hydrogen-bond donors (Lipinski definition) is 7. The zero-order chi connectivity index (χ0) is 38.9. The maximum absolute atomic E-state index is 13.9. The van der Waals surface area contributed by atoms with Crippen LogP contribution in [0.4, 0.5) is 0 Å². The maximum atomic E-state index is 13.9. The molecule has 0 radical (unpaired) electrons. The lowest BCUT2D eigenvalue weighted by Gasteiger charge is -2.45. The average molecular weight is 745 g/mol. The minimum atomic E-state index is -0.800. The van der Waals surface area contributed by atoms with Crippen LogP contribution in [0.2, 0.25) is 0 Å². The number of ketones is 1. The van der Waals surface area contributed by atoms with Gasteiger partial charge in [-0.2, -0.15) is 0 Å². The van der Waals surface area contributed by atoms with Crippen molar-refractivity contribution < 1.29 is 24.5 Å². The number of nitrogens with one attached hydrogen (secondary N) is 6. The summed E-state index contributed by atoms with van der Waals surface area (Å²) in [5, 5.41) is 39.9. The highest BCUT2D eigenvalue weighted by molar-refractivity contribution is 6.04. The molecule has 1 aliphatic heterocycles. The fraction of sp³-hybridized carbons (Fsp3) is 0.500. The predicted octanol–water partition coefficient (Wildman–Crippen LogP) is 4.03. The van der Waals surface area contributed by atoms with Gasteiger partial charge in [0, 0.05) is 38.2 Å². The van der Waals surface area contributed by atoms with Crippen molar-refractivity contribution >= 4 is 23.6 Å². The quantitative estimate of drug-likeness (QED) is 0.0341. The summed E-state index contributed by atoms with van der Waals surface area (Å²) in [6, 6.07) is 16.8. The molecule has 1 heterocycles. The Morgan fingerprint density at radius 3 is 2.52 bits per heavy atom. The molecule has 54 heavy (non-hydrogen) atoms. The van der Waals surface area contributed by atoms with Gasteiger partial charge in [0.15, 0.2) is 10.8 Å². The van der Waals surface area contributed by atoms with Crippen molar-refractivity contribution in [3.05, 3.63) is 99.6 Å². The van der Waals surface area contributed by atoms with Crippen molar-refractivity contribution in [2.75, 3.05) is 39.3 Å². The molecule has 4 atom stereocenters. The molecule has 14 heteroatoms. The second kappa shape index (κ2) is 21.0. The third-order valence-electron chi connectivity index (χ3n) is 10.6. The van der Waals surface area contributed by atoms with E-state index in [0.29, 0.717) is 37.4 Å². The van der Waals surface area contributed by atoms with Crippen LogP contribution in [0.1, 0.15) is 82.4 Å². The zero-order valence-electron chi connectivity index (χ0n) is 31.4. The normalized spacial score (nSPS) is 19.6. The first-order chi connectivity index (χ1) is 25.9. The minimum Gasteiger partial charge on any atom is -0.508 e. The number of phenols is 1. The Hall–Kier alpha value is -5.08. The Morgan fingerprint density at radius 2 is 1.80 bits per heavy atom. The van der Waals surface area contributed by atoms with E-state index in [0.717, 1.165) is 62.9 Å². The van der Waals surface area contributed by atoms with Gasteiger partial charge in [-0.3, -0.25) is 19.8 Å². The van der Waals surface area contributed by atoms with E-state index in [1.165, 1.54) is 6.08 Å². The molecule has 1 saturated heterocycles. The van der Waals surface area contributed by atoms with Gasteiger partial charge in [-0.05, 0) is 92.3 Å². The molecule has 0 aromatic heterocycles. The van der Waals surface area contributed by atoms with Crippen molar-refractivity contribution in [2.24, 2.45) is 5.92 Å².